The molecule has 2 aromatic rings. The summed E-state index contributed by atoms with van der Waals surface area (Å²) in [6, 6.07) is 15.9. The van der Waals surface area contributed by atoms with Crippen LogP contribution >= 0.6 is 11.9 Å². The molecule has 0 aromatic heterocycles. The Bertz CT molecular complexity index is 966. The van der Waals surface area contributed by atoms with Crippen molar-refractivity contribution in [2.75, 3.05) is 39.0 Å². The molecule has 2 amide bonds. The quantitative estimate of drug-likeness (QED) is 0.453. The van der Waals surface area contributed by atoms with Gasteiger partial charge in [0.15, 0.2) is 0 Å². The molecule has 1 atom stereocenters. The van der Waals surface area contributed by atoms with Gasteiger partial charge in [0.2, 0.25) is 11.8 Å². The average molecular weight is 453 g/mol. The van der Waals surface area contributed by atoms with Crippen LogP contribution in [0.3, 0.4) is 0 Å². The summed E-state index contributed by atoms with van der Waals surface area (Å²) in [6.45, 7) is 4.65. The van der Waals surface area contributed by atoms with Gasteiger partial charge in [-0.2, -0.15) is 0 Å². The molecule has 1 unspecified atom stereocenters. The van der Waals surface area contributed by atoms with E-state index in [9.17, 15) is 9.59 Å². The van der Waals surface area contributed by atoms with Crippen molar-refractivity contribution in [3.8, 4) is 12.3 Å². The number of carbonyl (C=O) groups is 2. The minimum absolute atomic E-state index is 0.0511. The number of amides is 2. The van der Waals surface area contributed by atoms with Crippen molar-refractivity contribution < 1.29 is 9.59 Å². The zero-order valence-corrected chi connectivity index (χ0v) is 19.7. The molecular weight excluding hydrogens is 420 g/mol. The van der Waals surface area contributed by atoms with E-state index < -0.39 is 0 Å². The third-order valence-electron chi connectivity index (χ3n) is 6.08. The molecule has 0 saturated carbocycles. The highest BCUT2D eigenvalue weighted by molar-refractivity contribution is 7.96. The number of carbonyl (C=O) groups excluding carboxylic acids is 2. The fraction of sp³-hybridized carbons (Fsp3) is 0.440. The van der Waals surface area contributed by atoms with E-state index in [1.807, 2.05) is 6.26 Å². The molecule has 1 heterocycles. The Hall–Kier alpha value is -2.53. The van der Waals surface area contributed by atoms with E-state index in [1.165, 1.54) is 16.3 Å². The van der Waals surface area contributed by atoms with Crippen molar-refractivity contribution in [2.24, 2.45) is 0 Å². The van der Waals surface area contributed by atoms with Gasteiger partial charge in [0.25, 0.3) is 0 Å². The van der Waals surface area contributed by atoms with Gasteiger partial charge >= 0.3 is 0 Å². The normalized spacial score (nSPS) is 15.9. The van der Waals surface area contributed by atoms with Gasteiger partial charge in [0.1, 0.15) is 0 Å². The number of terminal acetylenes is 1. The first-order valence-electron chi connectivity index (χ1n) is 11.0. The second-order valence-electron chi connectivity index (χ2n) is 8.07. The van der Waals surface area contributed by atoms with Crippen molar-refractivity contribution in [3.05, 3.63) is 48.0 Å². The van der Waals surface area contributed by atoms with Crippen molar-refractivity contribution in [1.82, 2.24) is 19.8 Å². The fourth-order valence-corrected chi connectivity index (χ4v) is 4.93. The second kappa shape index (κ2) is 11.9. The number of nitrogens with zero attached hydrogens (tertiary/aromatic N) is 2. The van der Waals surface area contributed by atoms with Gasteiger partial charge in [0, 0.05) is 25.2 Å². The summed E-state index contributed by atoms with van der Waals surface area (Å²) >= 11 is 1.59. The molecule has 1 aliphatic rings. The summed E-state index contributed by atoms with van der Waals surface area (Å²) in [5, 5.41) is 7.76. The second-order valence-corrected chi connectivity index (χ2v) is 8.90. The first-order valence-corrected chi connectivity index (χ1v) is 12.2. The van der Waals surface area contributed by atoms with Crippen molar-refractivity contribution in [1.29, 1.82) is 0 Å². The molecule has 1 fully saturated rings. The summed E-state index contributed by atoms with van der Waals surface area (Å²) in [6.07, 6.45) is 9.13. The summed E-state index contributed by atoms with van der Waals surface area (Å²) in [7, 11) is 0. The highest BCUT2D eigenvalue weighted by Crippen LogP contribution is 2.29. The van der Waals surface area contributed by atoms with Crippen LogP contribution in [0.5, 0.6) is 0 Å². The fourth-order valence-electron chi connectivity index (χ4n) is 4.17. The maximum atomic E-state index is 12.3. The van der Waals surface area contributed by atoms with Gasteiger partial charge < -0.3 is 10.6 Å². The number of rotatable bonds is 9. The topological polar surface area (TPSA) is 64.7 Å². The summed E-state index contributed by atoms with van der Waals surface area (Å²) < 4.78 is 2.13. The van der Waals surface area contributed by atoms with Crippen LogP contribution in [-0.4, -0.2) is 66.0 Å². The van der Waals surface area contributed by atoms with E-state index >= 15 is 0 Å². The predicted octanol–water partition coefficient (Wildman–Crippen LogP) is 2.81. The van der Waals surface area contributed by atoms with Gasteiger partial charge in [-0.25, -0.2) is 4.31 Å². The van der Waals surface area contributed by atoms with E-state index in [2.05, 4.69) is 75.1 Å². The van der Waals surface area contributed by atoms with Crippen LogP contribution in [0.4, 0.5) is 0 Å². The molecule has 170 valence electrons. The van der Waals surface area contributed by atoms with Gasteiger partial charge in [-0.05, 0) is 48.4 Å². The minimum atomic E-state index is -0.275. The number of benzene rings is 2. The van der Waals surface area contributed by atoms with Crippen LogP contribution in [0.1, 0.15) is 31.4 Å². The molecule has 1 aliphatic heterocycles. The lowest BCUT2D eigenvalue weighted by molar-refractivity contribution is -0.126. The summed E-state index contributed by atoms with van der Waals surface area (Å²) in [5.74, 6) is 1.91. The Morgan fingerprint density at radius 3 is 2.56 bits per heavy atom. The van der Waals surface area contributed by atoms with Gasteiger partial charge in [-0.3, -0.25) is 14.5 Å². The van der Waals surface area contributed by atoms with E-state index in [1.54, 1.807) is 11.9 Å². The molecule has 7 heteroatoms. The number of hydrogen-bond donors (Lipinski definition) is 2. The van der Waals surface area contributed by atoms with Crippen LogP contribution in [0.15, 0.2) is 42.5 Å². The van der Waals surface area contributed by atoms with Crippen LogP contribution < -0.4 is 10.6 Å². The zero-order valence-electron chi connectivity index (χ0n) is 18.8. The van der Waals surface area contributed by atoms with Crippen molar-refractivity contribution in [3.63, 3.8) is 0 Å². The zero-order chi connectivity index (χ0) is 22.9. The lowest BCUT2D eigenvalue weighted by atomic mass is 9.98. The summed E-state index contributed by atoms with van der Waals surface area (Å²) in [4.78, 5) is 26.4. The van der Waals surface area contributed by atoms with Crippen LogP contribution in [0.2, 0.25) is 0 Å². The maximum Gasteiger partial charge on any atom is 0.240 e. The number of hydrogen-bond acceptors (Lipinski definition) is 5. The first kappa shape index (κ1) is 24.1. The van der Waals surface area contributed by atoms with Gasteiger partial charge in [0.05, 0.1) is 19.6 Å². The average Bonchev–Trinajstić information content (AvgIpc) is 2.84. The van der Waals surface area contributed by atoms with E-state index in [0.717, 1.165) is 25.9 Å². The third-order valence-corrected chi connectivity index (χ3v) is 6.97. The molecule has 32 heavy (non-hydrogen) atoms. The number of piperidine rings is 1. The Kier molecular flexibility index (Phi) is 8.98. The van der Waals surface area contributed by atoms with E-state index in [0.29, 0.717) is 12.1 Å². The van der Waals surface area contributed by atoms with Crippen LogP contribution in [0, 0.1) is 12.3 Å². The number of likely N-dealkylation sites (tertiary alicyclic amines) is 1. The third kappa shape index (κ3) is 6.49. The highest BCUT2D eigenvalue weighted by Gasteiger charge is 2.28. The number of fused-ring (bicyclic) bond motifs is 1. The van der Waals surface area contributed by atoms with Gasteiger partial charge in [-0.15, -0.1) is 6.42 Å². The minimum Gasteiger partial charge on any atom is -0.346 e. The Labute approximate surface area is 195 Å². The molecule has 0 bridgehead atoms. The Morgan fingerprint density at radius 1 is 1.16 bits per heavy atom. The highest BCUT2D eigenvalue weighted by atomic mass is 32.2. The lowest BCUT2D eigenvalue weighted by Gasteiger charge is -2.39. The Balaban J connectivity index is 1.49. The standard InChI is InChI=1S/C25H32N4O2S/c1-4-13-26-24(30)17-27-25(31)18-29(32-3)23-11-14-28(15-12-23)19(2)21-10-9-20-7-5-6-8-22(20)16-21/h1,5-10,16,19,23H,11-15,17-18H2,2-3H3,(H,26,30)(H,27,31). The SMILES string of the molecule is C#CCNC(=O)CNC(=O)CN(SC)C1CCN(C(C)c2ccc3ccccc3c2)CC1. The molecule has 2 N–H and O–H groups in total. The number of nitrogens with one attached hydrogen (secondary N) is 2. The maximum absolute atomic E-state index is 12.3. The molecule has 0 radical (unpaired) electrons. The predicted molar refractivity (Wildman–Crippen MR) is 132 cm³/mol. The molecule has 0 aliphatic carbocycles. The molecular formula is C25H32N4O2S. The Morgan fingerprint density at radius 2 is 1.88 bits per heavy atom. The smallest absolute Gasteiger partial charge is 0.240 e. The van der Waals surface area contributed by atoms with Crippen LogP contribution in [-0.2, 0) is 9.59 Å². The lowest BCUT2D eigenvalue weighted by Crippen LogP contribution is -2.47. The molecule has 0 spiro atoms. The largest absolute Gasteiger partial charge is 0.346 e. The summed E-state index contributed by atoms with van der Waals surface area (Å²) in [5.41, 5.74) is 1.34. The van der Waals surface area contributed by atoms with Crippen LogP contribution in [0.25, 0.3) is 10.8 Å². The molecule has 1 saturated heterocycles. The first-order chi connectivity index (χ1) is 15.5. The molecule has 2 aromatic carbocycles. The van der Waals surface area contributed by atoms with Crippen molar-refractivity contribution in [2.45, 2.75) is 31.8 Å². The molecule has 3 rings (SSSR count). The van der Waals surface area contributed by atoms with Crippen molar-refractivity contribution >= 4 is 34.5 Å². The monoisotopic (exact) mass is 452 g/mol. The van der Waals surface area contributed by atoms with E-state index in [4.69, 9.17) is 6.42 Å². The van der Waals surface area contributed by atoms with Gasteiger partial charge in [-0.1, -0.05) is 54.3 Å². The molecule has 6 nitrogen and oxygen atoms in total. The van der Waals surface area contributed by atoms with E-state index in [-0.39, 0.29) is 31.4 Å².